The van der Waals surface area contributed by atoms with Crippen molar-refractivity contribution in [3.63, 3.8) is 0 Å². The molecule has 2 amide bonds. The fourth-order valence-corrected chi connectivity index (χ4v) is 3.19. The van der Waals surface area contributed by atoms with Crippen LogP contribution in [0.5, 0.6) is 0 Å². The van der Waals surface area contributed by atoms with Gasteiger partial charge in [0.2, 0.25) is 11.8 Å². The maximum absolute atomic E-state index is 12.5. The first-order valence-electron chi connectivity index (χ1n) is 8.81. The Balaban J connectivity index is 1.68. The van der Waals surface area contributed by atoms with E-state index in [0.717, 1.165) is 16.7 Å². The summed E-state index contributed by atoms with van der Waals surface area (Å²) < 4.78 is 5.01. The van der Waals surface area contributed by atoms with E-state index in [4.69, 9.17) is 4.74 Å². The highest BCUT2D eigenvalue weighted by Crippen LogP contribution is 2.21. The van der Waals surface area contributed by atoms with Crippen LogP contribution in [0.3, 0.4) is 0 Å². The van der Waals surface area contributed by atoms with E-state index in [0.29, 0.717) is 19.7 Å². The number of carbonyl (C=O) groups is 2. The molecule has 0 unspecified atom stereocenters. The highest BCUT2D eigenvalue weighted by molar-refractivity contribution is 5.94. The molecule has 0 N–H and O–H groups in total. The van der Waals surface area contributed by atoms with Crippen molar-refractivity contribution in [1.29, 1.82) is 0 Å². The van der Waals surface area contributed by atoms with Crippen molar-refractivity contribution in [2.75, 3.05) is 26.8 Å². The first-order valence-corrected chi connectivity index (χ1v) is 8.81. The lowest BCUT2D eigenvalue weighted by molar-refractivity contribution is -0.156. The smallest absolute Gasteiger partial charge is 0.245 e. The second kappa shape index (κ2) is 8.15. The van der Waals surface area contributed by atoms with Gasteiger partial charge >= 0.3 is 0 Å². The van der Waals surface area contributed by atoms with E-state index < -0.39 is 6.04 Å². The molecule has 0 aliphatic carbocycles. The fraction of sp³-hybridized carbons (Fsp3) is 0.333. The summed E-state index contributed by atoms with van der Waals surface area (Å²) >= 11 is 0. The molecule has 26 heavy (non-hydrogen) atoms. The number of nitrogens with zero attached hydrogens (tertiary/aromatic N) is 2. The standard InChI is InChI=1S/C21H24N2O3/c1-16-21(25)22(12-13-26-2)15-20(24)23(16)14-17-8-10-19(11-9-17)18-6-4-3-5-7-18/h3-11,16H,12-15H2,1-2H3/t16-/m0/s1. The van der Waals surface area contributed by atoms with E-state index in [1.54, 1.807) is 23.8 Å². The molecule has 2 aromatic rings. The van der Waals surface area contributed by atoms with E-state index >= 15 is 0 Å². The van der Waals surface area contributed by atoms with Crippen LogP contribution in [0.15, 0.2) is 54.6 Å². The predicted octanol–water partition coefficient (Wildman–Crippen LogP) is 2.56. The second-order valence-electron chi connectivity index (χ2n) is 6.51. The number of amides is 2. The molecule has 1 saturated heterocycles. The van der Waals surface area contributed by atoms with Crippen LogP contribution in [-0.4, -0.2) is 54.5 Å². The van der Waals surface area contributed by atoms with Gasteiger partial charge in [0.05, 0.1) is 13.2 Å². The molecular weight excluding hydrogens is 328 g/mol. The predicted molar refractivity (Wildman–Crippen MR) is 100 cm³/mol. The van der Waals surface area contributed by atoms with E-state index in [9.17, 15) is 9.59 Å². The summed E-state index contributed by atoms with van der Waals surface area (Å²) in [6.45, 7) is 3.24. The fourth-order valence-electron chi connectivity index (χ4n) is 3.19. The van der Waals surface area contributed by atoms with E-state index in [2.05, 4.69) is 24.3 Å². The Morgan fingerprint density at radius 2 is 1.65 bits per heavy atom. The number of methoxy groups -OCH3 is 1. The first-order chi connectivity index (χ1) is 12.6. The van der Waals surface area contributed by atoms with Crippen molar-refractivity contribution in [3.8, 4) is 11.1 Å². The second-order valence-corrected chi connectivity index (χ2v) is 6.51. The molecule has 0 radical (unpaired) electrons. The Kier molecular flexibility index (Phi) is 5.68. The lowest BCUT2D eigenvalue weighted by Gasteiger charge is -2.38. The van der Waals surface area contributed by atoms with Crippen LogP contribution in [0.4, 0.5) is 0 Å². The third-order valence-corrected chi connectivity index (χ3v) is 4.76. The average molecular weight is 352 g/mol. The molecule has 0 saturated carbocycles. The lowest BCUT2D eigenvalue weighted by atomic mass is 10.0. The molecule has 136 valence electrons. The number of ether oxygens (including phenoxy) is 1. The van der Waals surface area contributed by atoms with Crippen molar-refractivity contribution in [2.24, 2.45) is 0 Å². The number of piperazine rings is 1. The summed E-state index contributed by atoms with van der Waals surface area (Å²) in [6, 6.07) is 17.8. The Labute approximate surface area is 154 Å². The van der Waals surface area contributed by atoms with Crippen molar-refractivity contribution in [3.05, 3.63) is 60.2 Å². The molecule has 5 heteroatoms. The molecule has 5 nitrogen and oxygen atoms in total. The van der Waals surface area contributed by atoms with Crippen LogP contribution in [0.2, 0.25) is 0 Å². The normalized spacial score (nSPS) is 17.7. The van der Waals surface area contributed by atoms with Gasteiger partial charge in [0.15, 0.2) is 0 Å². The average Bonchev–Trinajstić information content (AvgIpc) is 2.68. The SMILES string of the molecule is COCCN1CC(=O)N(Cc2ccc(-c3ccccc3)cc2)[C@@H](C)C1=O. The largest absolute Gasteiger partial charge is 0.383 e. The molecule has 1 aliphatic heterocycles. The number of rotatable bonds is 6. The summed E-state index contributed by atoms with van der Waals surface area (Å²) in [4.78, 5) is 28.2. The van der Waals surface area contributed by atoms with Gasteiger partial charge < -0.3 is 14.5 Å². The van der Waals surface area contributed by atoms with E-state index in [1.165, 1.54) is 0 Å². The Morgan fingerprint density at radius 1 is 1.00 bits per heavy atom. The first kappa shape index (κ1) is 18.1. The molecule has 0 aromatic heterocycles. The number of benzene rings is 2. The van der Waals surface area contributed by atoms with Gasteiger partial charge in [-0.05, 0) is 23.6 Å². The quantitative estimate of drug-likeness (QED) is 0.803. The number of hydrogen-bond donors (Lipinski definition) is 0. The molecule has 1 fully saturated rings. The summed E-state index contributed by atoms with van der Waals surface area (Å²) in [6.07, 6.45) is 0. The third-order valence-electron chi connectivity index (χ3n) is 4.76. The zero-order valence-corrected chi connectivity index (χ0v) is 15.2. The van der Waals surface area contributed by atoms with Crippen LogP contribution >= 0.6 is 0 Å². The van der Waals surface area contributed by atoms with Crippen molar-refractivity contribution in [2.45, 2.75) is 19.5 Å². The van der Waals surface area contributed by atoms with Crippen LogP contribution in [0.25, 0.3) is 11.1 Å². The highest BCUT2D eigenvalue weighted by atomic mass is 16.5. The molecule has 0 bridgehead atoms. The number of carbonyl (C=O) groups excluding carboxylic acids is 2. The lowest BCUT2D eigenvalue weighted by Crippen LogP contribution is -2.58. The van der Waals surface area contributed by atoms with Crippen molar-refractivity contribution < 1.29 is 14.3 Å². The molecular formula is C21H24N2O3. The van der Waals surface area contributed by atoms with Crippen LogP contribution in [0, 0.1) is 0 Å². The zero-order chi connectivity index (χ0) is 18.5. The Hall–Kier alpha value is -2.66. The van der Waals surface area contributed by atoms with Crippen LogP contribution in [0.1, 0.15) is 12.5 Å². The van der Waals surface area contributed by atoms with Crippen molar-refractivity contribution >= 4 is 11.8 Å². The Bertz CT molecular complexity index is 759. The minimum atomic E-state index is -0.457. The maximum Gasteiger partial charge on any atom is 0.245 e. The van der Waals surface area contributed by atoms with Gasteiger partial charge in [0.1, 0.15) is 6.04 Å². The third kappa shape index (κ3) is 3.94. The van der Waals surface area contributed by atoms with Gasteiger partial charge in [-0.15, -0.1) is 0 Å². The molecule has 1 aliphatic rings. The highest BCUT2D eigenvalue weighted by Gasteiger charge is 2.36. The summed E-state index contributed by atoms with van der Waals surface area (Å²) in [5, 5.41) is 0. The van der Waals surface area contributed by atoms with Crippen LogP contribution < -0.4 is 0 Å². The van der Waals surface area contributed by atoms with Gasteiger partial charge in [0.25, 0.3) is 0 Å². The maximum atomic E-state index is 12.5. The minimum absolute atomic E-state index is 0.0254. The summed E-state index contributed by atoms with van der Waals surface area (Å²) in [5.74, 6) is -0.0529. The molecule has 0 spiro atoms. The number of hydrogen-bond acceptors (Lipinski definition) is 3. The van der Waals surface area contributed by atoms with Crippen molar-refractivity contribution in [1.82, 2.24) is 9.80 Å². The summed E-state index contributed by atoms with van der Waals surface area (Å²) in [5.41, 5.74) is 3.31. The van der Waals surface area contributed by atoms with Gasteiger partial charge in [0, 0.05) is 20.2 Å². The molecule has 3 rings (SSSR count). The zero-order valence-electron chi connectivity index (χ0n) is 15.2. The van der Waals surface area contributed by atoms with E-state index in [1.807, 2.05) is 30.3 Å². The van der Waals surface area contributed by atoms with Gasteiger partial charge in [-0.1, -0.05) is 54.6 Å². The van der Waals surface area contributed by atoms with Gasteiger partial charge in [-0.2, -0.15) is 0 Å². The monoisotopic (exact) mass is 352 g/mol. The van der Waals surface area contributed by atoms with E-state index in [-0.39, 0.29) is 18.4 Å². The molecule has 2 aromatic carbocycles. The Morgan fingerprint density at radius 3 is 2.31 bits per heavy atom. The topological polar surface area (TPSA) is 49.9 Å². The molecule has 1 atom stereocenters. The van der Waals surface area contributed by atoms with Gasteiger partial charge in [-0.3, -0.25) is 9.59 Å². The molecule has 1 heterocycles. The summed E-state index contributed by atoms with van der Waals surface area (Å²) in [7, 11) is 1.59. The van der Waals surface area contributed by atoms with Crippen LogP contribution in [-0.2, 0) is 20.9 Å². The van der Waals surface area contributed by atoms with Gasteiger partial charge in [-0.25, -0.2) is 0 Å². The minimum Gasteiger partial charge on any atom is -0.383 e.